The van der Waals surface area contributed by atoms with E-state index in [-0.39, 0.29) is 0 Å². The monoisotopic (exact) mass is 474 g/mol. The molecule has 0 spiro atoms. The summed E-state index contributed by atoms with van der Waals surface area (Å²) in [7, 11) is 9.61. The van der Waals surface area contributed by atoms with Crippen molar-refractivity contribution in [3.05, 3.63) is 48.9 Å². The summed E-state index contributed by atoms with van der Waals surface area (Å²) in [5.41, 5.74) is 5.70. The zero-order chi connectivity index (χ0) is 24.9. The van der Waals surface area contributed by atoms with E-state index in [0.29, 0.717) is 29.5 Å². The van der Waals surface area contributed by atoms with Gasteiger partial charge in [0.15, 0.2) is 0 Å². The predicted molar refractivity (Wildman–Crippen MR) is 140 cm³/mol. The Morgan fingerprint density at radius 2 is 1.91 bits per heavy atom. The number of hydrogen-bond acceptors (Lipinski definition) is 8. The number of benzene rings is 1. The first-order valence-corrected chi connectivity index (χ1v) is 11.2. The number of methoxy groups -OCH3 is 1. The number of carbonyl (C=O) groups excluding carboxylic acids is 1. The second kappa shape index (κ2) is 10.4. The molecular weight excluding hydrogens is 444 g/mol. The molecule has 0 atom stereocenters. The standard InChI is InChI=1S/C25H30N8O2/c1-31(2)11-12-32(3)22-14-23(35-5)20(13-19(22)28-16-34)30-25-27-10-8-18(29-25)17-15-33(4)21-7-6-9-26-24(17)21/h6-10,13-16H,11-12H2,1-5H3,(H,28,34)(H,27,29,30). The van der Waals surface area contributed by atoms with Gasteiger partial charge in [-0.15, -0.1) is 0 Å². The molecule has 0 unspecified atom stereocenters. The molecule has 0 aliphatic heterocycles. The first kappa shape index (κ1) is 24.0. The van der Waals surface area contributed by atoms with Gasteiger partial charge in [0.2, 0.25) is 12.4 Å². The highest BCUT2D eigenvalue weighted by Crippen LogP contribution is 2.38. The van der Waals surface area contributed by atoms with Crippen LogP contribution in [0.25, 0.3) is 22.3 Å². The summed E-state index contributed by atoms with van der Waals surface area (Å²) >= 11 is 0. The molecule has 3 heterocycles. The number of carbonyl (C=O) groups is 1. The van der Waals surface area contributed by atoms with Crippen molar-refractivity contribution in [2.75, 3.05) is 56.9 Å². The number of amides is 1. The fraction of sp³-hybridized carbons (Fsp3) is 0.280. The molecule has 4 rings (SSSR count). The molecule has 10 nitrogen and oxygen atoms in total. The van der Waals surface area contributed by atoms with Crippen molar-refractivity contribution in [1.29, 1.82) is 0 Å². The maximum absolute atomic E-state index is 11.3. The van der Waals surface area contributed by atoms with E-state index in [4.69, 9.17) is 9.72 Å². The maximum atomic E-state index is 11.3. The van der Waals surface area contributed by atoms with Gasteiger partial charge in [0.25, 0.3) is 0 Å². The summed E-state index contributed by atoms with van der Waals surface area (Å²) in [5.74, 6) is 1.01. The molecular formula is C25H30N8O2. The lowest BCUT2D eigenvalue weighted by atomic mass is 10.2. The van der Waals surface area contributed by atoms with Gasteiger partial charge in [-0.05, 0) is 38.4 Å². The van der Waals surface area contributed by atoms with Gasteiger partial charge in [-0.2, -0.15) is 0 Å². The van der Waals surface area contributed by atoms with Crippen LogP contribution in [-0.4, -0.2) is 72.2 Å². The van der Waals surface area contributed by atoms with Crippen LogP contribution in [0, 0.1) is 0 Å². The van der Waals surface area contributed by atoms with E-state index >= 15 is 0 Å². The van der Waals surface area contributed by atoms with E-state index in [1.807, 2.05) is 69.3 Å². The Labute approximate surface area is 204 Å². The number of aromatic nitrogens is 4. The Bertz CT molecular complexity index is 1330. The lowest BCUT2D eigenvalue weighted by Gasteiger charge is -2.25. The summed E-state index contributed by atoms with van der Waals surface area (Å²) in [6, 6.07) is 9.51. The van der Waals surface area contributed by atoms with E-state index in [9.17, 15) is 4.79 Å². The Morgan fingerprint density at radius 1 is 1.09 bits per heavy atom. The van der Waals surface area contributed by atoms with Crippen LogP contribution in [0.1, 0.15) is 0 Å². The third-order valence-corrected chi connectivity index (χ3v) is 5.75. The molecule has 4 aromatic rings. The Kier molecular flexibility index (Phi) is 7.11. The number of nitrogens with zero attached hydrogens (tertiary/aromatic N) is 6. The summed E-state index contributed by atoms with van der Waals surface area (Å²) in [6.45, 7) is 1.64. The lowest BCUT2D eigenvalue weighted by Crippen LogP contribution is -2.29. The Balaban J connectivity index is 1.68. The van der Waals surface area contributed by atoms with Gasteiger partial charge in [0.1, 0.15) is 5.75 Å². The summed E-state index contributed by atoms with van der Waals surface area (Å²) in [4.78, 5) is 29.2. The SMILES string of the molecule is COc1cc(N(C)CCN(C)C)c(NC=O)cc1Nc1nccc(-c2cn(C)c3cccnc23)n1. The van der Waals surface area contributed by atoms with Crippen LogP contribution in [0.3, 0.4) is 0 Å². The zero-order valence-electron chi connectivity index (χ0n) is 20.6. The van der Waals surface area contributed by atoms with Gasteiger partial charge in [-0.25, -0.2) is 9.97 Å². The number of anilines is 4. The number of fused-ring (bicyclic) bond motifs is 1. The van der Waals surface area contributed by atoms with Crippen molar-refractivity contribution in [3.63, 3.8) is 0 Å². The van der Waals surface area contributed by atoms with Crippen molar-refractivity contribution in [2.45, 2.75) is 0 Å². The van der Waals surface area contributed by atoms with Crippen molar-refractivity contribution in [2.24, 2.45) is 7.05 Å². The number of pyridine rings is 1. The van der Waals surface area contributed by atoms with Crippen molar-refractivity contribution >= 4 is 40.5 Å². The third-order valence-electron chi connectivity index (χ3n) is 5.75. The molecule has 1 aromatic carbocycles. The maximum Gasteiger partial charge on any atom is 0.227 e. The summed E-state index contributed by atoms with van der Waals surface area (Å²) in [6.07, 6.45) is 6.15. The van der Waals surface area contributed by atoms with Gasteiger partial charge >= 0.3 is 0 Å². The van der Waals surface area contributed by atoms with Crippen LogP contribution >= 0.6 is 0 Å². The average Bonchev–Trinajstić information content (AvgIpc) is 3.20. The lowest BCUT2D eigenvalue weighted by molar-refractivity contribution is -0.105. The fourth-order valence-corrected chi connectivity index (χ4v) is 3.89. The molecule has 35 heavy (non-hydrogen) atoms. The van der Waals surface area contributed by atoms with Gasteiger partial charge in [0.05, 0.1) is 40.9 Å². The topological polar surface area (TPSA) is 100 Å². The second-order valence-electron chi connectivity index (χ2n) is 8.47. The molecule has 0 fully saturated rings. The molecule has 10 heteroatoms. The van der Waals surface area contributed by atoms with Crippen LogP contribution in [0.2, 0.25) is 0 Å². The molecule has 0 bridgehead atoms. The van der Waals surface area contributed by atoms with Crippen molar-refractivity contribution < 1.29 is 9.53 Å². The minimum atomic E-state index is 0.402. The normalized spacial score (nSPS) is 11.0. The number of aryl methyl sites for hydroxylation is 1. The average molecular weight is 475 g/mol. The van der Waals surface area contributed by atoms with E-state index in [2.05, 4.69) is 30.4 Å². The minimum Gasteiger partial charge on any atom is -0.494 e. The first-order chi connectivity index (χ1) is 16.9. The number of hydrogen-bond donors (Lipinski definition) is 2. The zero-order valence-corrected chi connectivity index (χ0v) is 20.6. The van der Waals surface area contributed by atoms with Crippen LogP contribution < -0.4 is 20.3 Å². The minimum absolute atomic E-state index is 0.402. The Morgan fingerprint density at radius 3 is 2.66 bits per heavy atom. The van der Waals surface area contributed by atoms with Gasteiger partial charge < -0.3 is 29.7 Å². The van der Waals surface area contributed by atoms with Crippen LogP contribution in [0.15, 0.2) is 48.9 Å². The highest BCUT2D eigenvalue weighted by Gasteiger charge is 2.16. The number of rotatable bonds is 10. The predicted octanol–water partition coefficient (Wildman–Crippen LogP) is 3.35. The molecule has 2 N–H and O–H groups in total. The second-order valence-corrected chi connectivity index (χ2v) is 8.47. The molecule has 0 radical (unpaired) electrons. The smallest absolute Gasteiger partial charge is 0.227 e. The molecule has 1 amide bonds. The third kappa shape index (κ3) is 5.17. The molecule has 0 aliphatic rings. The van der Waals surface area contributed by atoms with Gasteiger partial charge in [-0.3, -0.25) is 9.78 Å². The van der Waals surface area contributed by atoms with Crippen molar-refractivity contribution in [3.8, 4) is 17.0 Å². The number of nitrogens with one attached hydrogen (secondary N) is 2. The van der Waals surface area contributed by atoms with E-state index in [1.165, 1.54) is 0 Å². The number of likely N-dealkylation sites (N-methyl/N-ethyl adjacent to an activating group) is 2. The summed E-state index contributed by atoms with van der Waals surface area (Å²) in [5, 5.41) is 6.05. The first-order valence-electron chi connectivity index (χ1n) is 11.2. The van der Waals surface area contributed by atoms with Gasteiger partial charge in [-0.1, -0.05) is 0 Å². The molecule has 0 aliphatic carbocycles. The highest BCUT2D eigenvalue weighted by atomic mass is 16.5. The highest BCUT2D eigenvalue weighted by molar-refractivity contribution is 5.92. The number of ether oxygens (including phenoxy) is 1. The largest absolute Gasteiger partial charge is 0.494 e. The van der Waals surface area contributed by atoms with Crippen LogP contribution in [0.4, 0.5) is 23.0 Å². The molecule has 3 aromatic heterocycles. The molecule has 0 saturated carbocycles. The van der Waals surface area contributed by atoms with Crippen LogP contribution in [0.5, 0.6) is 5.75 Å². The molecule has 0 saturated heterocycles. The van der Waals surface area contributed by atoms with Crippen molar-refractivity contribution in [1.82, 2.24) is 24.4 Å². The fourth-order valence-electron chi connectivity index (χ4n) is 3.89. The van der Waals surface area contributed by atoms with E-state index in [1.54, 1.807) is 19.5 Å². The quantitative estimate of drug-likeness (QED) is 0.338. The van der Waals surface area contributed by atoms with E-state index in [0.717, 1.165) is 41.1 Å². The van der Waals surface area contributed by atoms with Gasteiger partial charge in [0, 0.05) is 57.4 Å². The van der Waals surface area contributed by atoms with Crippen LogP contribution in [-0.2, 0) is 11.8 Å². The Hall–Kier alpha value is -4.18. The summed E-state index contributed by atoms with van der Waals surface area (Å²) < 4.78 is 7.68. The van der Waals surface area contributed by atoms with E-state index < -0.39 is 0 Å². The molecule has 182 valence electrons.